The number of hydrogen-bond donors (Lipinski definition) is 2. The maximum absolute atomic E-state index is 13.7. The standard InChI is InChI=1S/C13H14F2N4O2/c1-2-16-12-9(14)5-8(6-10(12)15)13(20)17-4-3-11-18-7-21-19-11/h5-7,16H,2-4H2,1H3,(H,17,20). The van der Waals surface area contributed by atoms with E-state index in [0.29, 0.717) is 18.8 Å². The van der Waals surface area contributed by atoms with Crippen molar-refractivity contribution in [3.05, 3.63) is 41.5 Å². The maximum Gasteiger partial charge on any atom is 0.251 e. The normalized spacial score (nSPS) is 10.4. The summed E-state index contributed by atoms with van der Waals surface area (Å²) in [6, 6.07) is 1.98. The Morgan fingerprint density at radius 3 is 2.62 bits per heavy atom. The number of carbonyl (C=O) groups excluding carboxylic acids is 1. The number of halogens is 2. The quantitative estimate of drug-likeness (QED) is 0.849. The van der Waals surface area contributed by atoms with Gasteiger partial charge in [0.1, 0.15) is 17.3 Å². The highest BCUT2D eigenvalue weighted by atomic mass is 19.1. The molecule has 0 spiro atoms. The number of amides is 1. The number of carbonyl (C=O) groups is 1. The van der Waals surface area contributed by atoms with Crippen molar-refractivity contribution in [2.75, 3.05) is 18.4 Å². The molecule has 0 saturated carbocycles. The van der Waals surface area contributed by atoms with E-state index in [1.54, 1.807) is 6.92 Å². The first-order chi connectivity index (χ1) is 10.1. The third-order valence-electron chi connectivity index (χ3n) is 2.70. The Labute approximate surface area is 119 Å². The second-order valence-corrected chi connectivity index (χ2v) is 4.20. The Morgan fingerprint density at radius 2 is 2.05 bits per heavy atom. The van der Waals surface area contributed by atoms with Crippen molar-refractivity contribution >= 4 is 11.6 Å². The molecule has 0 unspecified atom stereocenters. The lowest BCUT2D eigenvalue weighted by Gasteiger charge is -2.09. The van der Waals surface area contributed by atoms with Crippen LogP contribution in [0.1, 0.15) is 23.1 Å². The summed E-state index contributed by atoms with van der Waals surface area (Å²) in [6.45, 7) is 2.33. The lowest BCUT2D eigenvalue weighted by Crippen LogP contribution is -2.26. The van der Waals surface area contributed by atoms with E-state index < -0.39 is 17.5 Å². The molecule has 0 aliphatic heterocycles. The van der Waals surface area contributed by atoms with E-state index in [4.69, 9.17) is 0 Å². The molecule has 8 heteroatoms. The molecular weight excluding hydrogens is 282 g/mol. The number of benzene rings is 1. The first-order valence-electron chi connectivity index (χ1n) is 6.38. The number of rotatable bonds is 6. The van der Waals surface area contributed by atoms with Gasteiger partial charge >= 0.3 is 0 Å². The highest BCUT2D eigenvalue weighted by Crippen LogP contribution is 2.20. The molecule has 0 aliphatic carbocycles. The number of nitrogens with one attached hydrogen (secondary N) is 2. The van der Waals surface area contributed by atoms with Crippen molar-refractivity contribution in [1.82, 2.24) is 15.5 Å². The Kier molecular flexibility index (Phi) is 4.81. The van der Waals surface area contributed by atoms with Gasteiger partial charge in [0.25, 0.3) is 5.91 Å². The molecular formula is C13H14F2N4O2. The molecule has 0 fully saturated rings. The Balaban J connectivity index is 1.99. The average molecular weight is 296 g/mol. The highest BCUT2D eigenvalue weighted by molar-refractivity contribution is 5.94. The van der Waals surface area contributed by atoms with Crippen LogP contribution in [0.2, 0.25) is 0 Å². The van der Waals surface area contributed by atoms with Crippen LogP contribution in [0.4, 0.5) is 14.5 Å². The summed E-state index contributed by atoms with van der Waals surface area (Å²) in [4.78, 5) is 15.6. The van der Waals surface area contributed by atoms with Crippen molar-refractivity contribution in [2.24, 2.45) is 0 Å². The summed E-state index contributed by atoms with van der Waals surface area (Å²) in [7, 11) is 0. The minimum absolute atomic E-state index is 0.0836. The van der Waals surface area contributed by atoms with Crippen molar-refractivity contribution in [3.63, 3.8) is 0 Å². The van der Waals surface area contributed by atoms with Gasteiger partial charge in [0, 0.05) is 25.1 Å². The number of anilines is 1. The molecule has 0 saturated heterocycles. The third-order valence-corrected chi connectivity index (χ3v) is 2.70. The van der Waals surface area contributed by atoms with Crippen molar-refractivity contribution < 1.29 is 18.1 Å². The molecule has 0 aliphatic rings. The van der Waals surface area contributed by atoms with Crippen LogP contribution < -0.4 is 10.6 Å². The first kappa shape index (κ1) is 14.9. The summed E-state index contributed by atoms with van der Waals surface area (Å²) in [5.74, 6) is -1.74. The van der Waals surface area contributed by atoms with Gasteiger partial charge in [-0.2, -0.15) is 4.98 Å². The fourth-order valence-corrected chi connectivity index (χ4v) is 1.74. The number of aromatic nitrogens is 2. The highest BCUT2D eigenvalue weighted by Gasteiger charge is 2.14. The zero-order valence-electron chi connectivity index (χ0n) is 11.3. The van der Waals surface area contributed by atoms with E-state index >= 15 is 0 Å². The Morgan fingerprint density at radius 1 is 1.33 bits per heavy atom. The van der Waals surface area contributed by atoms with Crippen molar-refractivity contribution in [3.8, 4) is 0 Å². The van der Waals surface area contributed by atoms with E-state index in [-0.39, 0.29) is 17.8 Å². The van der Waals surface area contributed by atoms with Crippen LogP contribution in [-0.4, -0.2) is 29.1 Å². The fraction of sp³-hybridized carbons (Fsp3) is 0.308. The monoisotopic (exact) mass is 296 g/mol. The minimum atomic E-state index is -0.805. The molecule has 2 N–H and O–H groups in total. The van der Waals surface area contributed by atoms with Crippen LogP contribution in [0.25, 0.3) is 0 Å². The van der Waals surface area contributed by atoms with Crippen LogP contribution in [0.5, 0.6) is 0 Å². The van der Waals surface area contributed by atoms with Crippen molar-refractivity contribution in [2.45, 2.75) is 13.3 Å². The molecule has 0 bridgehead atoms. The average Bonchev–Trinajstić information content (AvgIpc) is 2.95. The van der Waals surface area contributed by atoms with E-state index in [1.807, 2.05) is 0 Å². The summed E-state index contributed by atoms with van der Waals surface area (Å²) in [6.07, 6.45) is 1.55. The van der Waals surface area contributed by atoms with E-state index in [2.05, 4.69) is 25.3 Å². The molecule has 0 atom stereocenters. The maximum atomic E-state index is 13.7. The van der Waals surface area contributed by atoms with Crippen LogP contribution in [0.3, 0.4) is 0 Å². The number of nitrogens with zero attached hydrogens (tertiary/aromatic N) is 2. The predicted octanol–water partition coefficient (Wildman–Crippen LogP) is 1.75. The van der Waals surface area contributed by atoms with Gasteiger partial charge in [-0.1, -0.05) is 5.16 Å². The van der Waals surface area contributed by atoms with Gasteiger partial charge < -0.3 is 15.2 Å². The Bertz CT molecular complexity index is 594. The van der Waals surface area contributed by atoms with Crippen LogP contribution >= 0.6 is 0 Å². The summed E-state index contributed by atoms with van der Waals surface area (Å²) < 4.78 is 31.9. The second-order valence-electron chi connectivity index (χ2n) is 4.20. The minimum Gasteiger partial charge on any atom is -0.381 e. The van der Waals surface area contributed by atoms with Gasteiger partial charge in [0.2, 0.25) is 6.39 Å². The van der Waals surface area contributed by atoms with Crippen LogP contribution in [-0.2, 0) is 6.42 Å². The largest absolute Gasteiger partial charge is 0.381 e. The first-order valence-corrected chi connectivity index (χ1v) is 6.38. The lowest BCUT2D eigenvalue weighted by atomic mass is 10.1. The molecule has 1 amide bonds. The summed E-state index contributed by atoms with van der Waals surface area (Å²) in [5.41, 5.74) is -0.319. The number of hydrogen-bond acceptors (Lipinski definition) is 5. The smallest absolute Gasteiger partial charge is 0.251 e. The topological polar surface area (TPSA) is 80.0 Å². The molecule has 21 heavy (non-hydrogen) atoms. The molecule has 2 rings (SSSR count). The van der Waals surface area contributed by atoms with Gasteiger partial charge in [-0.05, 0) is 19.1 Å². The second kappa shape index (κ2) is 6.78. The molecule has 112 valence electrons. The van der Waals surface area contributed by atoms with Crippen molar-refractivity contribution in [1.29, 1.82) is 0 Å². The fourth-order valence-electron chi connectivity index (χ4n) is 1.74. The molecule has 1 aromatic carbocycles. The lowest BCUT2D eigenvalue weighted by molar-refractivity contribution is 0.0953. The van der Waals surface area contributed by atoms with Gasteiger partial charge in [-0.15, -0.1) is 0 Å². The van der Waals surface area contributed by atoms with E-state index in [9.17, 15) is 13.6 Å². The predicted molar refractivity (Wildman–Crippen MR) is 70.9 cm³/mol. The molecule has 1 aromatic heterocycles. The molecule has 6 nitrogen and oxygen atoms in total. The van der Waals surface area contributed by atoms with Gasteiger partial charge in [-0.3, -0.25) is 4.79 Å². The summed E-state index contributed by atoms with van der Waals surface area (Å²) >= 11 is 0. The zero-order chi connectivity index (χ0) is 15.2. The molecule has 2 aromatic rings. The SMILES string of the molecule is CCNc1c(F)cc(C(=O)NCCc2ncon2)cc1F. The van der Waals surface area contributed by atoms with E-state index in [1.165, 1.54) is 6.39 Å². The van der Waals surface area contributed by atoms with Crippen LogP contribution in [0.15, 0.2) is 23.0 Å². The van der Waals surface area contributed by atoms with Gasteiger partial charge in [0.05, 0.1) is 0 Å². The van der Waals surface area contributed by atoms with Gasteiger partial charge in [0.15, 0.2) is 5.82 Å². The Hall–Kier alpha value is -2.51. The van der Waals surface area contributed by atoms with Crippen LogP contribution in [0, 0.1) is 11.6 Å². The molecule has 1 heterocycles. The zero-order valence-corrected chi connectivity index (χ0v) is 11.3. The van der Waals surface area contributed by atoms with E-state index in [0.717, 1.165) is 12.1 Å². The third kappa shape index (κ3) is 3.74. The van der Waals surface area contributed by atoms with Gasteiger partial charge in [-0.25, -0.2) is 8.78 Å². The summed E-state index contributed by atoms with van der Waals surface area (Å²) in [5, 5.41) is 8.67. The molecule has 0 radical (unpaired) electrons.